The number of hydrogen-bond acceptors (Lipinski definition) is 3. The van der Waals surface area contributed by atoms with Gasteiger partial charge in [-0.25, -0.2) is 9.69 Å². The van der Waals surface area contributed by atoms with Crippen molar-refractivity contribution in [3.63, 3.8) is 0 Å². The van der Waals surface area contributed by atoms with E-state index in [2.05, 4.69) is 37.2 Å². The molecule has 1 saturated heterocycles. The van der Waals surface area contributed by atoms with Gasteiger partial charge in [0.05, 0.1) is 5.69 Å². The second kappa shape index (κ2) is 9.40. The number of benzene rings is 3. The molecule has 0 atom stereocenters. The third-order valence-corrected chi connectivity index (χ3v) is 6.64. The molecule has 0 saturated carbocycles. The molecular weight excluding hydrogens is 560 g/mol. The van der Waals surface area contributed by atoms with Crippen LogP contribution in [0.5, 0.6) is 0 Å². The van der Waals surface area contributed by atoms with E-state index >= 15 is 0 Å². The lowest BCUT2D eigenvalue weighted by molar-refractivity contribution is -0.122. The van der Waals surface area contributed by atoms with Crippen molar-refractivity contribution in [3.8, 4) is 0 Å². The van der Waals surface area contributed by atoms with Gasteiger partial charge in [0.2, 0.25) is 0 Å². The smallest absolute Gasteiger partial charge is 0.273 e. The van der Waals surface area contributed by atoms with E-state index in [1.807, 2.05) is 42.5 Å². The quantitative estimate of drug-likeness (QED) is 0.302. The molecule has 0 radical (unpaired) electrons. The lowest BCUT2D eigenvalue weighted by atomic mass is 10.0. The van der Waals surface area contributed by atoms with Gasteiger partial charge < -0.3 is 0 Å². The highest BCUT2D eigenvalue weighted by Crippen LogP contribution is 2.28. The number of carbonyl (C=O) groups is 3. The van der Waals surface area contributed by atoms with Crippen LogP contribution in [0.4, 0.5) is 10.5 Å². The van der Waals surface area contributed by atoms with E-state index in [0.717, 1.165) is 25.0 Å². The molecule has 0 spiro atoms. The maximum absolute atomic E-state index is 13.0. The Hall–Kier alpha value is -2.74. The molecule has 1 aliphatic rings. The van der Waals surface area contributed by atoms with Crippen LogP contribution >= 0.6 is 43.5 Å². The SMILES string of the molecule is O=C1NC(=O)N(c2cccc(Cl)c2)C(=O)/C1=C/c1ccc(Cc2ccccc2Br)c(Br)c1. The zero-order valence-corrected chi connectivity index (χ0v) is 20.4. The first-order chi connectivity index (χ1) is 15.3. The van der Waals surface area contributed by atoms with Gasteiger partial charge in [-0.1, -0.05) is 79.9 Å². The minimum atomic E-state index is -0.815. The van der Waals surface area contributed by atoms with E-state index in [1.165, 1.54) is 12.1 Å². The first-order valence-corrected chi connectivity index (χ1v) is 11.5. The summed E-state index contributed by atoms with van der Waals surface area (Å²) in [6, 6.07) is 19.1. The predicted molar refractivity (Wildman–Crippen MR) is 132 cm³/mol. The normalized spacial score (nSPS) is 15.3. The fourth-order valence-electron chi connectivity index (χ4n) is 3.32. The standard InChI is InChI=1S/C24H15Br2ClN2O3/c25-20-7-2-1-4-15(20)12-16-9-8-14(11-21(16)26)10-19-22(30)28-24(32)29(23(19)31)18-6-3-5-17(27)13-18/h1-11,13H,12H2,(H,28,30,32)/b19-10+. The summed E-state index contributed by atoms with van der Waals surface area (Å²) in [7, 11) is 0. The minimum absolute atomic E-state index is 0.143. The maximum atomic E-state index is 13.0. The van der Waals surface area contributed by atoms with Crippen molar-refractivity contribution in [2.24, 2.45) is 0 Å². The summed E-state index contributed by atoms with van der Waals surface area (Å²) in [5, 5.41) is 2.58. The summed E-state index contributed by atoms with van der Waals surface area (Å²) in [6.07, 6.45) is 2.17. The Morgan fingerprint density at radius 1 is 0.875 bits per heavy atom. The van der Waals surface area contributed by atoms with Gasteiger partial charge in [-0.3, -0.25) is 14.9 Å². The molecule has 4 rings (SSSR count). The van der Waals surface area contributed by atoms with E-state index in [-0.39, 0.29) is 11.3 Å². The summed E-state index contributed by atoms with van der Waals surface area (Å²) in [6.45, 7) is 0. The second-order valence-electron chi connectivity index (χ2n) is 7.06. The van der Waals surface area contributed by atoms with Crippen molar-refractivity contribution < 1.29 is 14.4 Å². The first-order valence-electron chi connectivity index (χ1n) is 9.52. The van der Waals surface area contributed by atoms with E-state index in [0.29, 0.717) is 17.0 Å². The van der Waals surface area contributed by atoms with Crippen LogP contribution in [0.25, 0.3) is 6.08 Å². The van der Waals surface area contributed by atoms with Crippen LogP contribution in [0.2, 0.25) is 5.02 Å². The van der Waals surface area contributed by atoms with Gasteiger partial charge in [0.15, 0.2) is 0 Å². The average Bonchev–Trinajstić information content (AvgIpc) is 2.74. The Balaban J connectivity index is 1.64. The van der Waals surface area contributed by atoms with Gasteiger partial charge >= 0.3 is 6.03 Å². The zero-order chi connectivity index (χ0) is 22.8. The monoisotopic (exact) mass is 572 g/mol. The van der Waals surface area contributed by atoms with Crippen LogP contribution in [0.15, 0.2) is 81.2 Å². The molecule has 8 heteroatoms. The topological polar surface area (TPSA) is 66.5 Å². The molecule has 32 heavy (non-hydrogen) atoms. The van der Waals surface area contributed by atoms with Gasteiger partial charge in [-0.15, -0.1) is 0 Å². The first kappa shape index (κ1) is 22.5. The van der Waals surface area contributed by atoms with Crippen LogP contribution in [-0.2, 0) is 16.0 Å². The molecule has 1 heterocycles. The Morgan fingerprint density at radius 2 is 1.62 bits per heavy atom. The number of urea groups is 1. The minimum Gasteiger partial charge on any atom is -0.273 e. The van der Waals surface area contributed by atoms with E-state index in [1.54, 1.807) is 18.2 Å². The van der Waals surface area contributed by atoms with Crippen molar-refractivity contribution in [1.82, 2.24) is 5.32 Å². The Morgan fingerprint density at radius 3 is 2.34 bits per heavy atom. The molecule has 1 N–H and O–H groups in total. The van der Waals surface area contributed by atoms with Crippen LogP contribution in [0, 0.1) is 0 Å². The highest BCUT2D eigenvalue weighted by atomic mass is 79.9. The van der Waals surface area contributed by atoms with Crippen molar-refractivity contribution >= 4 is 73.1 Å². The van der Waals surface area contributed by atoms with Gasteiger partial charge in [0.25, 0.3) is 11.8 Å². The average molecular weight is 575 g/mol. The number of rotatable bonds is 4. The largest absolute Gasteiger partial charge is 0.335 e. The second-order valence-corrected chi connectivity index (χ2v) is 9.20. The Bertz CT molecular complexity index is 1290. The molecular formula is C24H15Br2ClN2O3. The summed E-state index contributed by atoms with van der Waals surface area (Å²) in [5.41, 5.74) is 2.97. The van der Waals surface area contributed by atoms with E-state index in [9.17, 15) is 14.4 Å². The number of carbonyl (C=O) groups excluding carboxylic acids is 3. The van der Waals surface area contributed by atoms with E-state index in [4.69, 9.17) is 11.6 Å². The molecule has 4 amide bonds. The molecule has 0 bridgehead atoms. The fraction of sp³-hybridized carbons (Fsp3) is 0.0417. The van der Waals surface area contributed by atoms with Gasteiger partial charge in [-0.2, -0.15) is 0 Å². The fourth-order valence-corrected chi connectivity index (χ4v) is 4.46. The third-order valence-electron chi connectivity index (χ3n) is 4.89. The number of halogens is 3. The van der Waals surface area contributed by atoms with Gasteiger partial charge in [0.1, 0.15) is 5.57 Å². The highest BCUT2D eigenvalue weighted by molar-refractivity contribution is 9.10. The summed E-state index contributed by atoms with van der Waals surface area (Å²) >= 11 is 13.1. The molecule has 160 valence electrons. The molecule has 1 fully saturated rings. The number of imide groups is 2. The Kier molecular flexibility index (Phi) is 6.60. The molecule has 0 aromatic heterocycles. The molecule has 3 aromatic rings. The Labute approximate surface area is 206 Å². The molecule has 3 aromatic carbocycles. The number of amides is 4. The van der Waals surface area contributed by atoms with Gasteiger partial charge in [-0.05, 0) is 59.5 Å². The van der Waals surface area contributed by atoms with Crippen molar-refractivity contribution in [2.45, 2.75) is 6.42 Å². The number of barbiturate groups is 1. The van der Waals surface area contributed by atoms with Gasteiger partial charge in [0, 0.05) is 14.0 Å². The van der Waals surface area contributed by atoms with E-state index < -0.39 is 17.8 Å². The van der Waals surface area contributed by atoms with Crippen LogP contribution in [-0.4, -0.2) is 17.8 Å². The third kappa shape index (κ3) is 4.70. The number of hydrogen-bond donors (Lipinski definition) is 1. The zero-order valence-electron chi connectivity index (χ0n) is 16.4. The molecule has 0 aliphatic carbocycles. The van der Waals surface area contributed by atoms with Crippen LogP contribution < -0.4 is 10.2 Å². The van der Waals surface area contributed by atoms with Crippen molar-refractivity contribution in [3.05, 3.63) is 103 Å². The lowest BCUT2D eigenvalue weighted by Gasteiger charge is -2.26. The van der Waals surface area contributed by atoms with Crippen LogP contribution in [0.3, 0.4) is 0 Å². The summed E-state index contributed by atoms with van der Waals surface area (Å²) in [4.78, 5) is 38.6. The lowest BCUT2D eigenvalue weighted by Crippen LogP contribution is -2.54. The predicted octanol–water partition coefficient (Wildman–Crippen LogP) is 6.12. The highest BCUT2D eigenvalue weighted by Gasteiger charge is 2.36. The number of nitrogens with one attached hydrogen (secondary N) is 1. The molecule has 1 aliphatic heterocycles. The van der Waals surface area contributed by atoms with Crippen LogP contribution in [0.1, 0.15) is 16.7 Å². The number of anilines is 1. The molecule has 0 unspecified atom stereocenters. The molecule has 5 nitrogen and oxygen atoms in total. The maximum Gasteiger partial charge on any atom is 0.335 e. The summed E-state index contributed by atoms with van der Waals surface area (Å²) in [5.74, 6) is -1.46. The number of nitrogens with zero attached hydrogens (tertiary/aromatic N) is 1. The summed E-state index contributed by atoms with van der Waals surface area (Å²) < 4.78 is 1.86. The van der Waals surface area contributed by atoms with Crippen molar-refractivity contribution in [1.29, 1.82) is 0 Å². The van der Waals surface area contributed by atoms with Crippen molar-refractivity contribution in [2.75, 3.05) is 4.90 Å².